The Kier molecular flexibility index (Phi) is 3.69. The number of phenolic OH excluding ortho intramolecular Hbond substituents is 1. The molecule has 0 amide bonds. The summed E-state index contributed by atoms with van der Waals surface area (Å²) in [6.07, 6.45) is -0.798. The fraction of sp³-hybridized carbons (Fsp3) is 0.273. The van der Waals surface area contributed by atoms with Gasteiger partial charge >= 0.3 is 0 Å². The van der Waals surface area contributed by atoms with Crippen LogP contribution in [-0.4, -0.2) is 17.0 Å². The van der Waals surface area contributed by atoms with Crippen LogP contribution < -0.4 is 4.74 Å². The lowest BCUT2D eigenvalue weighted by Gasteiger charge is -2.11. The molecule has 4 nitrogen and oxygen atoms in total. The highest BCUT2D eigenvalue weighted by molar-refractivity contribution is 5.84. The first-order valence-corrected chi connectivity index (χ1v) is 4.49. The number of Topliss-reactive ketones (excluding diaryl/α,β-unsaturated/α-hetero) is 1. The molecule has 1 N–H and O–H groups in total. The first kappa shape index (κ1) is 11.1. The summed E-state index contributed by atoms with van der Waals surface area (Å²) in [5.74, 6) is 0.371. The monoisotopic (exact) mass is 205 g/mol. The highest BCUT2D eigenvalue weighted by Crippen LogP contribution is 2.17. The standard InChI is InChI=1S/C11H11NO3/c1-8(11(14)6-7-12)15-10-4-2-9(13)3-5-10/h2-5,8,13H,6H2,1H3. The minimum absolute atomic E-state index is 0.137. The second-order valence-electron chi connectivity index (χ2n) is 3.06. The molecule has 0 aliphatic heterocycles. The van der Waals surface area contributed by atoms with Crippen molar-refractivity contribution < 1.29 is 14.6 Å². The van der Waals surface area contributed by atoms with E-state index in [1.54, 1.807) is 25.1 Å². The van der Waals surface area contributed by atoms with Crippen LogP contribution in [0.5, 0.6) is 11.5 Å². The van der Waals surface area contributed by atoms with Crippen molar-refractivity contribution in [2.75, 3.05) is 0 Å². The molecule has 0 spiro atoms. The van der Waals surface area contributed by atoms with E-state index in [1.165, 1.54) is 12.1 Å². The summed E-state index contributed by atoms with van der Waals surface area (Å²) in [7, 11) is 0. The molecular weight excluding hydrogens is 194 g/mol. The lowest BCUT2D eigenvalue weighted by molar-refractivity contribution is -0.124. The van der Waals surface area contributed by atoms with Crippen molar-refractivity contribution in [2.45, 2.75) is 19.4 Å². The van der Waals surface area contributed by atoms with Gasteiger partial charge in [0.25, 0.3) is 0 Å². The van der Waals surface area contributed by atoms with Crippen LogP contribution in [0.2, 0.25) is 0 Å². The molecule has 0 fully saturated rings. The first-order chi connectivity index (χ1) is 7.13. The molecule has 0 saturated carbocycles. The molecule has 78 valence electrons. The maximum absolute atomic E-state index is 11.2. The molecule has 0 aliphatic carbocycles. The summed E-state index contributed by atoms with van der Waals surface area (Å²) < 4.78 is 5.27. The largest absolute Gasteiger partial charge is 0.508 e. The molecule has 0 saturated heterocycles. The van der Waals surface area contributed by atoms with Gasteiger partial charge in [-0.05, 0) is 31.2 Å². The predicted octanol–water partition coefficient (Wildman–Crippen LogP) is 1.64. The number of phenols is 1. The van der Waals surface area contributed by atoms with Crippen LogP contribution in [-0.2, 0) is 4.79 Å². The van der Waals surface area contributed by atoms with Gasteiger partial charge in [0.2, 0.25) is 0 Å². The number of aromatic hydroxyl groups is 1. The lowest BCUT2D eigenvalue weighted by atomic mass is 10.2. The van der Waals surface area contributed by atoms with E-state index in [2.05, 4.69) is 0 Å². The Hall–Kier alpha value is -2.02. The van der Waals surface area contributed by atoms with Crippen molar-refractivity contribution >= 4 is 5.78 Å². The van der Waals surface area contributed by atoms with Gasteiger partial charge in [0.1, 0.15) is 11.5 Å². The van der Waals surface area contributed by atoms with Crippen LogP contribution in [0.1, 0.15) is 13.3 Å². The third-order valence-electron chi connectivity index (χ3n) is 1.86. The Morgan fingerprint density at radius 2 is 2.13 bits per heavy atom. The second kappa shape index (κ2) is 5.01. The van der Waals surface area contributed by atoms with Crippen molar-refractivity contribution in [3.63, 3.8) is 0 Å². The van der Waals surface area contributed by atoms with Gasteiger partial charge in [0.05, 0.1) is 12.5 Å². The average Bonchev–Trinajstić information content (AvgIpc) is 2.22. The molecule has 1 atom stereocenters. The Labute approximate surface area is 87.7 Å². The molecule has 0 aromatic heterocycles. The zero-order valence-corrected chi connectivity index (χ0v) is 8.30. The van der Waals surface area contributed by atoms with Gasteiger partial charge < -0.3 is 9.84 Å². The minimum atomic E-state index is -0.644. The topological polar surface area (TPSA) is 70.3 Å². The number of ketones is 1. The zero-order valence-electron chi connectivity index (χ0n) is 8.30. The quantitative estimate of drug-likeness (QED) is 0.811. The van der Waals surface area contributed by atoms with Gasteiger partial charge in [-0.1, -0.05) is 0 Å². The average molecular weight is 205 g/mol. The molecule has 0 aliphatic rings. The number of ether oxygens (including phenoxy) is 1. The van der Waals surface area contributed by atoms with Crippen molar-refractivity contribution in [1.82, 2.24) is 0 Å². The number of nitrogens with zero attached hydrogens (tertiary/aromatic N) is 1. The molecule has 0 radical (unpaired) electrons. The highest BCUT2D eigenvalue weighted by Gasteiger charge is 2.13. The Morgan fingerprint density at radius 3 is 2.67 bits per heavy atom. The van der Waals surface area contributed by atoms with Crippen LogP contribution in [0.15, 0.2) is 24.3 Å². The number of hydrogen-bond acceptors (Lipinski definition) is 4. The summed E-state index contributed by atoms with van der Waals surface area (Å²) in [6.45, 7) is 1.59. The maximum Gasteiger partial charge on any atom is 0.186 e. The van der Waals surface area contributed by atoms with E-state index in [-0.39, 0.29) is 18.0 Å². The number of hydrogen-bond donors (Lipinski definition) is 1. The van der Waals surface area contributed by atoms with E-state index in [1.807, 2.05) is 0 Å². The molecule has 0 bridgehead atoms. The van der Waals surface area contributed by atoms with Crippen molar-refractivity contribution in [1.29, 1.82) is 5.26 Å². The van der Waals surface area contributed by atoms with E-state index >= 15 is 0 Å². The summed E-state index contributed by atoms with van der Waals surface area (Å²) in [6, 6.07) is 7.83. The van der Waals surface area contributed by atoms with Crippen LogP contribution in [0.25, 0.3) is 0 Å². The van der Waals surface area contributed by atoms with Crippen LogP contribution in [0, 0.1) is 11.3 Å². The van der Waals surface area contributed by atoms with Gasteiger partial charge in [0.15, 0.2) is 11.9 Å². The second-order valence-corrected chi connectivity index (χ2v) is 3.06. The molecule has 4 heteroatoms. The molecule has 1 aromatic rings. The van der Waals surface area contributed by atoms with Crippen LogP contribution >= 0.6 is 0 Å². The smallest absolute Gasteiger partial charge is 0.186 e. The van der Waals surface area contributed by atoms with Crippen molar-refractivity contribution in [3.8, 4) is 17.6 Å². The van der Waals surface area contributed by atoms with Crippen LogP contribution in [0.4, 0.5) is 0 Å². The van der Waals surface area contributed by atoms with E-state index in [0.717, 1.165) is 0 Å². The number of carbonyl (C=O) groups is 1. The minimum Gasteiger partial charge on any atom is -0.508 e. The third kappa shape index (κ3) is 3.31. The van der Waals surface area contributed by atoms with Gasteiger partial charge in [-0.15, -0.1) is 0 Å². The molecule has 1 unspecified atom stereocenters. The van der Waals surface area contributed by atoms with Gasteiger partial charge in [0, 0.05) is 0 Å². The summed E-state index contributed by atoms with van der Waals surface area (Å²) in [5, 5.41) is 17.3. The molecular formula is C11H11NO3. The predicted molar refractivity (Wildman–Crippen MR) is 53.4 cm³/mol. The number of carbonyl (C=O) groups excluding carboxylic acids is 1. The number of benzene rings is 1. The fourth-order valence-corrected chi connectivity index (χ4v) is 1.02. The van der Waals surface area contributed by atoms with Crippen LogP contribution in [0.3, 0.4) is 0 Å². The summed E-state index contributed by atoms with van der Waals surface area (Å²) in [4.78, 5) is 11.2. The van der Waals surface area contributed by atoms with E-state index in [0.29, 0.717) is 5.75 Å². The summed E-state index contributed by atoms with van der Waals surface area (Å²) >= 11 is 0. The maximum atomic E-state index is 11.2. The zero-order chi connectivity index (χ0) is 11.3. The molecule has 0 heterocycles. The number of nitriles is 1. The van der Waals surface area contributed by atoms with Gasteiger partial charge in [-0.25, -0.2) is 0 Å². The van der Waals surface area contributed by atoms with E-state index in [4.69, 9.17) is 15.1 Å². The Morgan fingerprint density at radius 1 is 1.53 bits per heavy atom. The normalized spacial score (nSPS) is 11.5. The molecule has 1 rings (SSSR count). The fourth-order valence-electron chi connectivity index (χ4n) is 1.02. The van der Waals surface area contributed by atoms with Gasteiger partial charge in [-0.3, -0.25) is 4.79 Å². The molecule has 1 aromatic carbocycles. The van der Waals surface area contributed by atoms with Crippen molar-refractivity contribution in [2.24, 2.45) is 0 Å². The third-order valence-corrected chi connectivity index (χ3v) is 1.86. The van der Waals surface area contributed by atoms with E-state index < -0.39 is 6.10 Å². The summed E-state index contributed by atoms with van der Waals surface area (Å²) in [5.41, 5.74) is 0. The van der Waals surface area contributed by atoms with E-state index in [9.17, 15) is 4.79 Å². The number of rotatable bonds is 4. The highest BCUT2D eigenvalue weighted by atomic mass is 16.5. The van der Waals surface area contributed by atoms with Gasteiger partial charge in [-0.2, -0.15) is 5.26 Å². The molecule has 15 heavy (non-hydrogen) atoms. The Bertz CT molecular complexity index is 378. The Balaban J connectivity index is 2.59. The van der Waals surface area contributed by atoms with Crippen molar-refractivity contribution in [3.05, 3.63) is 24.3 Å². The first-order valence-electron chi connectivity index (χ1n) is 4.49. The SMILES string of the molecule is CC(Oc1ccc(O)cc1)C(=O)CC#N. The lowest BCUT2D eigenvalue weighted by Crippen LogP contribution is -2.23.